The lowest BCUT2D eigenvalue weighted by Crippen LogP contribution is -2.42. The lowest BCUT2D eigenvalue weighted by molar-refractivity contribution is -0.131. The lowest BCUT2D eigenvalue weighted by atomic mass is 10.1. The summed E-state index contributed by atoms with van der Waals surface area (Å²) in [6, 6.07) is 5.34. The molecule has 1 saturated heterocycles. The van der Waals surface area contributed by atoms with Gasteiger partial charge in [0.05, 0.1) is 17.0 Å². The van der Waals surface area contributed by atoms with Gasteiger partial charge in [0.2, 0.25) is 17.1 Å². The topological polar surface area (TPSA) is 78.1 Å². The van der Waals surface area contributed by atoms with Crippen LogP contribution in [-0.2, 0) is 9.59 Å². The van der Waals surface area contributed by atoms with Crippen LogP contribution in [0.25, 0.3) is 11.0 Å². The minimum absolute atomic E-state index is 0.0217. The summed E-state index contributed by atoms with van der Waals surface area (Å²) in [6.45, 7) is 6.37. The number of nitrogens with zero attached hydrogens (tertiary/aromatic N) is 2. The number of carbonyl (C=O) groups is 2. The van der Waals surface area contributed by atoms with E-state index >= 15 is 0 Å². The molecule has 0 radical (unpaired) electrons. The second-order valence-corrected chi connectivity index (χ2v) is 7.18. The zero-order valence-electron chi connectivity index (χ0n) is 13.3. The van der Waals surface area contributed by atoms with Crippen molar-refractivity contribution in [2.45, 2.75) is 32.7 Å². The Hall–Kier alpha value is -2.08. The summed E-state index contributed by atoms with van der Waals surface area (Å²) < 4.78 is 0. The number of aromatic amines is 1. The minimum atomic E-state index is -0.331. The van der Waals surface area contributed by atoms with E-state index < -0.39 is 0 Å². The average molecular weight is 335 g/mol. The summed E-state index contributed by atoms with van der Waals surface area (Å²) in [7, 11) is 0. The van der Waals surface area contributed by atoms with Gasteiger partial charge >= 0.3 is 0 Å². The number of rotatable bonds is 2. The van der Waals surface area contributed by atoms with Crippen molar-refractivity contribution in [2.24, 2.45) is 5.92 Å². The average Bonchev–Trinajstić information content (AvgIpc) is 2.99. The van der Waals surface area contributed by atoms with E-state index in [1.54, 1.807) is 23.1 Å². The van der Waals surface area contributed by atoms with Gasteiger partial charge in [-0.25, -0.2) is 4.98 Å². The van der Waals surface area contributed by atoms with E-state index in [4.69, 9.17) is 11.6 Å². The monoisotopic (exact) mass is 334 g/mol. The SMILES string of the molecule is CC(C)(C)N1CC(C(=O)Nc2ccc3nc(Cl)[nH]c3c2)CC1=O. The van der Waals surface area contributed by atoms with Gasteiger partial charge in [-0.15, -0.1) is 0 Å². The van der Waals surface area contributed by atoms with Gasteiger partial charge in [0.15, 0.2) is 0 Å². The molecule has 0 bridgehead atoms. The fourth-order valence-electron chi connectivity index (χ4n) is 2.83. The van der Waals surface area contributed by atoms with Crippen LogP contribution in [-0.4, -0.2) is 38.8 Å². The number of hydrogen-bond acceptors (Lipinski definition) is 3. The van der Waals surface area contributed by atoms with Crippen molar-refractivity contribution in [3.05, 3.63) is 23.5 Å². The molecule has 122 valence electrons. The fourth-order valence-corrected chi connectivity index (χ4v) is 3.02. The maximum absolute atomic E-state index is 12.4. The second kappa shape index (κ2) is 5.53. The van der Waals surface area contributed by atoms with Crippen molar-refractivity contribution in [2.75, 3.05) is 11.9 Å². The number of aromatic nitrogens is 2. The van der Waals surface area contributed by atoms with Gasteiger partial charge in [-0.1, -0.05) is 0 Å². The molecule has 1 atom stereocenters. The third-order valence-electron chi connectivity index (χ3n) is 4.03. The zero-order chi connectivity index (χ0) is 16.8. The Balaban J connectivity index is 1.72. The smallest absolute Gasteiger partial charge is 0.229 e. The Morgan fingerprint density at radius 2 is 2.17 bits per heavy atom. The summed E-state index contributed by atoms with van der Waals surface area (Å²) in [4.78, 5) is 33.3. The molecule has 2 heterocycles. The highest BCUT2D eigenvalue weighted by Crippen LogP contribution is 2.27. The van der Waals surface area contributed by atoms with Crippen molar-refractivity contribution < 1.29 is 9.59 Å². The Bertz CT molecular complexity index is 778. The summed E-state index contributed by atoms with van der Waals surface area (Å²) in [6.07, 6.45) is 0.251. The predicted octanol–water partition coefficient (Wildman–Crippen LogP) is 2.80. The van der Waals surface area contributed by atoms with E-state index in [1.165, 1.54) is 0 Å². The molecule has 23 heavy (non-hydrogen) atoms. The normalized spacial score (nSPS) is 18.7. The molecule has 2 amide bonds. The molecule has 0 saturated carbocycles. The van der Waals surface area contributed by atoms with Crippen LogP contribution in [0, 0.1) is 5.92 Å². The summed E-state index contributed by atoms with van der Waals surface area (Å²) in [5.74, 6) is -0.453. The first-order valence-corrected chi connectivity index (χ1v) is 7.88. The number of benzene rings is 1. The van der Waals surface area contributed by atoms with Crippen LogP contribution in [0.1, 0.15) is 27.2 Å². The van der Waals surface area contributed by atoms with Crippen molar-refractivity contribution in [1.82, 2.24) is 14.9 Å². The summed E-state index contributed by atoms with van der Waals surface area (Å²) in [5, 5.41) is 3.18. The van der Waals surface area contributed by atoms with Gasteiger partial charge in [0.25, 0.3) is 0 Å². The third kappa shape index (κ3) is 3.17. The van der Waals surface area contributed by atoms with Crippen LogP contribution in [0.2, 0.25) is 5.28 Å². The third-order valence-corrected chi connectivity index (χ3v) is 4.21. The van der Waals surface area contributed by atoms with Gasteiger partial charge in [-0.2, -0.15) is 0 Å². The molecule has 1 aliphatic rings. The van der Waals surface area contributed by atoms with E-state index in [0.717, 1.165) is 11.0 Å². The van der Waals surface area contributed by atoms with E-state index in [-0.39, 0.29) is 29.7 Å². The maximum atomic E-state index is 12.4. The number of halogens is 1. The molecule has 1 aromatic carbocycles. The van der Waals surface area contributed by atoms with Crippen molar-refractivity contribution in [1.29, 1.82) is 0 Å². The predicted molar refractivity (Wildman–Crippen MR) is 89.3 cm³/mol. The number of imidazole rings is 1. The molecular formula is C16H19ClN4O2. The van der Waals surface area contributed by atoms with Gasteiger partial charge in [-0.3, -0.25) is 9.59 Å². The number of amides is 2. The molecular weight excluding hydrogens is 316 g/mol. The number of fused-ring (bicyclic) bond motifs is 1. The number of likely N-dealkylation sites (tertiary alicyclic amines) is 1. The highest BCUT2D eigenvalue weighted by Gasteiger charge is 2.39. The minimum Gasteiger partial charge on any atom is -0.337 e. The maximum Gasteiger partial charge on any atom is 0.229 e. The number of H-pyrrole nitrogens is 1. The van der Waals surface area contributed by atoms with Gasteiger partial charge in [0.1, 0.15) is 0 Å². The Labute approximate surface area is 139 Å². The molecule has 7 heteroatoms. The Kier molecular flexibility index (Phi) is 3.80. The largest absolute Gasteiger partial charge is 0.337 e. The van der Waals surface area contributed by atoms with E-state index in [0.29, 0.717) is 17.5 Å². The van der Waals surface area contributed by atoms with Gasteiger partial charge in [0, 0.05) is 24.2 Å². The molecule has 1 fully saturated rings. The van der Waals surface area contributed by atoms with Gasteiger partial charge < -0.3 is 15.2 Å². The first-order chi connectivity index (χ1) is 10.7. The van der Waals surface area contributed by atoms with Crippen molar-refractivity contribution in [3.8, 4) is 0 Å². The van der Waals surface area contributed by atoms with Gasteiger partial charge in [-0.05, 0) is 50.6 Å². The molecule has 1 aliphatic heterocycles. The number of anilines is 1. The quantitative estimate of drug-likeness (QED) is 0.886. The van der Waals surface area contributed by atoms with Crippen LogP contribution in [0.4, 0.5) is 5.69 Å². The standard InChI is InChI=1S/C16H19ClN4O2/c1-16(2,3)21-8-9(6-13(21)22)14(23)18-10-4-5-11-12(7-10)20-15(17)19-11/h4-5,7,9H,6,8H2,1-3H3,(H,18,23)(H,19,20). The first kappa shape index (κ1) is 15.8. The molecule has 6 nitrogen and oxygen atoms in total. The van der Waals surface area contributed by atoms with E-state index in [9.17, 15) is 9.59 Å². The summed E-state index contributed by atoms with van der Waals surface area (Å²) >= 11 is 5.82. The van der Waals surface area contributed by atoms with Crippen LogP contribution >= 0.6 is 11.6 Å². The van der Waals surface area contributed by atoms with Crippen LogP contribution in [0.3, 0.4) is 0 Å². The van der Waals surface area contributed by atoms with Crippen molar-refractivity contribution >= 4 is 40.1 Å². The lowest BCUT2D eigenvalue weighted by Gasteiger charge is -2.31. The molecule has 1 aromatic heterocycles. The Morgan fingerprint density at radius 3 is 2.83 bits per heavy atom. The second-order valence-electron chi connectivity index (χ2n) is 6.83. The Morgan fingerprint density at radius 1 is 1.43 bits per heavy atom. The number of nitrogens with one attached hydrogen (secondary N) is 2. The van der Waals surface area contributed by atoms with Crippen molar-refractivity contribution in [3.63, 3.8) is 0 Å². The molecule has 0 aliphatic carbocycles. The first-order valence-electron chi connectivity index (χ1n) is 7.50. The highest BCUT2D eigenvalue weighted by molar-refractivity contribution is 6.29. The van der Waals surface area contributed by atoms with E-state index in [2.05, 4.69) is 15.3 Å². The van der Waals surface area contributed by atoms with Crippen LogP contribution in [0.15, 0.2) is 18.2 Å². The molecule has 2 N–H and O–H groups in total. The molecule has 2 aromatic rings. The number of carbonyl (C=O) groups excluding carboxylic acids is 2. The highest BCUT2D eigenvalue weighted by atomic mass is 35.5. The molecule has 1 unspecified atom stereocenters. The zero-order valence-corrected chi connectivity index (χ0v) is 14.1. The van der Waals surface area contributed by atoms with Crippen LogP contribution < -0.4 is 5.32 Å². The van der Waals surface area contributed by atoms with E-state index in [1.807, 2.05) is 20.8 Å². The summed E-state index contributed by atoms with van der Waals surface area (Å²) in [5.41, 5.74) is 1.89. The fraction of sp³-hybridized carbons (Fsp3) is 0.438. The number of hydrogen-bond donors (Lipinski definition) is 2. The molecule has 0 spiro atoms. The van der Waals surface area contributed by atoms with Crippen LogP contribution in [0.5, 0.6) is 0 Å². The molecule has 3 rings (SSSR count).